The SMILES string of the molecule is CCC1CCC(C(N)C2COCCO2)CC1. The molecule has 0 spiro atoms. The van der Waals surface area contributed by atoms with Gasteiger partial charge in [-0.3, -0.25) is 0 Å². The summed E-state index contributed by atoms with van der Waals surface area (Å²) in [6, 6.07) is 0.179. The van der Waals surface area contributed by atoms with Gasteiger partial charge in [-0.15, -0.1) is 0 Å². The van der Waals surface area contributed by atoms with Crippen LogP contribution in [0.15, 0.2) is 0 Å². The van der Waals surface area contributed by atoms with E-state index in [0.717, 1.165) is 12.5 Å². The molecule has 0 bridgehead atoms. The fourth-order valence-corrected chi connectivity index (χ4v) is 3.01. The van der Waals surface area contributed by atoms with Gasteiger partial charge in [0.15, 0.2) is 0 Å². The molecular formula is C13H25NO2. The van der Waals surface area contributed by atoms with E-state index in [9.17, 15) is 0 Å². The van der Waals surface area contributed by atoms with Gasteiger partial charge in [0.05, 0.1) is 25.9 Å². The molecule has 2 fully saturated rings. The van der Waals surface area contributed by atoms with E-state index in [0.29, 0.717) is 19.1 Å². The van der Waals surface area contributed by atoms with Gasteiger partial charge < -0.3 is 15.2 Å². The molecule has 0 aromatic heterocycles. The van der Waals surface area contributed by atoms with E-state index in [2.05, 4.69) is 6.92 Å². The predicted octanol–water partition coefficient (Wildman–Crippen LogP) is 1.95. The van der Waals surface area contributed by atoms with Crippen molar-refractivity contribution in [3.05, 3.63) is 0 Å². The zero-order valence-electron chi connectivity index (χ0n) is 10.4. The molecule has 3 heteroatoms. The second-order valence-corrected chi connectivity index (χ2v) is 5.25. The second-order valence-electron chi connectivity index (χ2n) is 5.25. The van der Waals surface area contributed by atoms with Crippen LogP contribution < -0.4 is 5.73 Å². The summed E-state index contributed by atoms with van der Waals surface area (Å²) in [4.78, 5) is 0. The van der Waals surface area contributed by atoms with Crippen molar-refractivity contribution in [2.75, 3.05) is 19.8 Å². The number of rotatable bonds is 3. The van der Waals surface area contributed by atoms with Crippen LogP contribution in [0.1, 0.15) is 39.0 Å². The molecule has 0 aromatic carbocycles. The monoisotopic (exact) mass is 227 g/mol. The Labute approximate surface area is 98.7 Å². The molecule has 2 N–H and O–H groups in total. The van der Waals surface area contributed by atoms with Crippen molar-refractivity contribution in [1.29, 1.82) is 0 Å². The first-order chi connectivity index (χ1) is 7.81. The van der Waals surface area contributed by atoms with Crippen LogP contribution in [0.2, 0.25) is 0 Å². The molecule has 2 aliphatic rings. The Morgan fingerprint density at radius 3 is 2.50 bits per heavy atom. The molecule has 2 unspecified atom stereocenters. The summed E-state index contributed by atoms with van der Waals surface area (Å²) in [5.74, 6) is 1.58. The Kier molecular flexibility index (Phi) is 4.62. The first kappa shape index (κ1) is 12.3. The quantitative estimate of drug-likeness (QED) is 0.801. The lowest BCUT2D eigenvalue weighted by molar-refractivity contribution is -0.105. The summed E-state index contributed by atoms with van der Waals surface area (Å²) < 4.78 is 11.1. The van der Waals surface area contributed by atoms with Gasteiger partial charge in [0, 0.05) is 6.04 Å². The number of ether oxygens (including phenoxy) is 2. The van der Waals surface area contributed by atoms with Crippen LogP contribution in [0, 0.1) is 11.8 Å². The van der Waals surface area contributed by atoms with Crippen molar-refractivity contribution >= 4 is 0 Å². The van der Waals surface area contributed by atoms with Gasteiger partial charge in [-0.25, -0.2) is 0 Å². The standard InChI is InChI=1S/C13H25NO2/c1-2-10-3-5-11(6-4-10)13(14)12-9-15-7-8-16-12/h10-13H,2-9,14H2,1H3. The smallest absolute Gasteiger partial charge is 0.0962 e. The van der Waals surface area contributed by atoms with Gasteiger partial charge in [0.1, 0.15) is 0 Å². The van der Waals surface area contributed by atoms with Crippen molar-refractivity contribution in [3.8, 4) is 0 Å². The van der Waals surface area contributed by atoms with Crippen molar-refractivity contribution in [2.24, 2.45) is 17.6 Å². The van der Waals surface area contributed by atoms with Gasteiger partial charge in [-0.05, 0) is 24.7 Å². The highest BCUT2D eigenvalue weighted by molar-refractivity contribution is 4.85. The Hall–Kier alpha value is -0.120. The molecule has 1 saturated heterocycles. The average Bonchev–Trinajstić information content (AvgIpc) is 2.39. The van der Waals surface area contributed by atoms with Crippen LogP contribution in [0.4, 0.5) is 0 Å². The summed E-state index contributed by atoms with van der Waals surface area (Å²) >= 11 is 0. The maximum absolute atomic E-state index is 6.31. The summed E-state index contributed by atoms with van der Waals surface area (Å²) in [6.07, 6.45) is 6.71. The zero-order chi connectivity index (χ0) is 11.4. The predicted molar refractivity (Wildman–Crippen MR) is 64.3 cm³/mol. The first-order valence-electron chi connectivity index (χ1n) is 6.76. The highest BCUT2D eigenvalue weighted by Crippen LogP contribution is 2.33. The van der Waals surface area contributed by atoms with E-state index in [1.165, 1.54) is 32.1 Å². The molecule has 0 aromatic rings. The van der Waals surface area contributed by atoms with Crippen LogP contribution in [-0.4, -0.2) is 32.0 Å². The number of hydrogen-bond donors (Lipinski definition) is 1. The van der Waals surface area contributed by atoms with Crippen molar-refractivity contribution in [3.63, 3.8) is 0 Å². The van der Waals surface area contributed by atoms with Crippen molar-refractivity contribution in [2.45, 2.75) is 51.2 Å². The third kappa shape index (κ3) is 2.96. The van der Waals surface area contributed by atoms with Gasteiger partial charge in [-0.2, -0.15) is 0 Å². The zero-order valence-corrected chi connectivity index (χ0v) is 10.4. The Morgan fingerprint density at radius 2 is 1.94 bits per heavy atom. The van der Waals surface area contributed by atoms with Gasteiger partial charge in [0.2, 0.25) is 0 Å². The molecule has 0 amide bonds. The second kappa shape index (κ2) is 5.99. The lowest BCUT2D eigenvalue weighted by Gasteiger charge is -2.36. The van der Waals surface area contributed by atoms with E-state index in [4.69, 9.17) is 15.2 Å². The molecule has 0 radical (unpaired) electrons. The van der Waals surface area contributed by atoms with Gasteiger partial charge in [-0.1, -0.05) is 26.2 Å². The van der Waals surface area contributed by atoms with E-state index < -0.39 is 0 Å². The van der Waals surface area contributed by atoms with Gasteiger partial charge in [0.25, 0.3) is 0 Å². The molecule has 1 aliphatic heterocycles. The third-order valence-electron chi connectivity index (χ3n) is 4.28. The highest BCUT2D eigenvalue weighted by atomic mass is 16.6. The van der Waals surface area contributed by atoms with Crippen LogP contribution in [0.5, 0.6) is 0 Å². The molecular weight excluding hydrogens is 202 g/mol. The van der Waals surface area contributed by atoms with E-state index in [1.54, 1.807) is 0 Å². The Morgan fingerprint density at radius 1 is 1.19 bits per heavy atom. The molecule has 2 rings (SSSR count). The molecule has 2 atom stereocenters. The minimum Gasteiger partial charge on any atom is -0.376 e. The molecule has 1 aliphatic carbocycles. The third-order valence-corrected chi connectivity index (χ3v) is 4.28. The summed E-state index contributed by atoms with van der Waals surface area (Å²) in [6.45, 7) is 4.42. The maximum Gasteiger partial charge on any atom is 0.0962 e. The maximum atomic E-state index is 6.31. The van der Waals surface area contributed by atoms with Crippen LogP contribution >= 0.6 is 0 Å². The molecule has 94 valence electrons. The summed E-state index contributed by atoms with van der Waals surface area (Å²) in [5, 5.41) is 0. The first-order valence-corrected chi connectivity index (χ1v) is 6.76. The highest BCUT2D eigenvalue weighted by Gasteiger charge is 2.31. The normalized spacial score (nSPS) is 38.2. The fourth-order valence-electron chi connectivity index (χ4n) is 3.01. The van der Waals surface area contributed by atoms with Crippen LogP contribution in [0.25, 0.3) is 0 Å². The summed E-state index contributed by atoms with van der Waals surface area (Å²) in [7, 11) is 0. The number of nitrogens with two attached hydrogens (primary N) is 1. The molecule has 1 saturated carbocycles. The minimum absolute atomic E-state index is 0.136. The fraction of sp³-hybridized carbons (Fsp3) is 1.00. The Balaban J connectivity index is 1.78. The van der Waals surface area contributed by atoms with Crippen molar-refractivity contribution < 1.29 is 9.47 Å². The van der Waals surface area contributed by atoms with E-state index in [-0.39, 0.29) is 12.1 Å². The molecule has 1 heterocycles. The van der Waals surface area contributed by atoms with Crippen molar-refractivity contribution in [1.82, 2.24) is 0 Å². The minimum atomic E-state index is 0.136. The lowest BCUT2D eigenvalue weighted by atomic mass is 9.76. The van der Waals surface area contributed by atoms with Crippen LogP contribution in [0.3, 0.4) is 0 Å². The lowest BCUT2D eigenvalue weighted by Crippen LogP contribution is -2.48. The average molecular weight is 227 g/mol. The van der Waals surface area contributed by atoms with E-state index in [1.807, 2.05) is 0 Å². The van der Waals surface area contributed by atoms with E-state index >= 15 is 0 Å². The topological polar surface area (TPSA) is 44.5 Å². The summed E-state index contributed by atoms with van der Waals surface area (Å²) in [5.41, 5.74) is 6.31. The number of hydrogen-bond acceptors (Lipinski definition) is 3. The molecule has 3 nitrogen and oxygen atoms in total. The molecule has 16 heavy (non-hydrogen) atoms. The Bertz CT molecular complexity index is 196. The largest absolute Gasteiger partial charge is 0.376 e. The van der Waals surface area contributed by atoms with Gasteiger partial charge >= 0.3 is 0 Å². The van der Waals surface area contributed by atoms with Crippen LogP contribution in [-0.2, 0) is 9.47 Å².